The van der Waals surface area contributed by atoms with Crippen molar-refractivity contribution in [2.45, 2.75) is 46.1 Å². The van der Waals surface area contributed by atoms with E-state index in [0.29, 0.717) is 43.5 Å². The van der Waals surface area contributed by atoms with Crippen LogP contribution in [0.2, 0.25) is 0 Å². The van der Waals surface area contributed by atoms with Crippen LogP contribution in [-0.4, -0.2) is 61.7 Å². The van der Waals surface area contributed by atoms with Gasteiger partial charge in [0.2, 0.25) is 11.9 Å². The highest BCUT2D eigenvalue weighted by Gasteiger charge is 2.24. The Morgan fingerprint density at radius 1 is 1.09 bits per heavy atom. The van der Waals surface area contributed by atoms with Gasteiger partial charge in [-0.25, -0.2) is 24.0 Å². The first-order valence-electron chi connectivity index (χ1n) is 11.5. The zero-order valence-electron chi connectivity index (χ0n) is 19.2. The van der Waals surface area contributed by atoms with Gasteiger partial charge >= 0.3 is 0 Å². The Morgan fingerprint density at radius 2 is 1.85 bits per heavy atom. The molecule has 8 nitrogen and oxygen atoms in total. The molecule has 174 valence electrons. The van der Waals surface area contributed by atoms with Crippen LogP contribution in [-0.2, 0) is 17.8 Å². The molecule has 0 bridgehead atoms. The Hall–Kier alpha value is -3.36. The SMILES string of the molecule is CCCCCc1nc(-c2ccc(F)c(C)c2)nn1CC(=O)N1CCN(c2ncccn2)CC1. The molecule has 0 saturated carbocycles. The molecule has 0 atom stereocenters. The molecule has 0 aliphatic carbocycles. The lowest BCUT2D eigenvalue weighted by Crippen LogP contribution is -2.50. The van der Waals surface area contributed by atoms with Crippen molar-refractivity contribution in [2.75, 3.05) is 31.1 Å². The molecule has 4 rings (SSSR count). The third-order valence-electron chi connectivity index (χ3n) is 5.92. The Bertz CT molecular complexity index is 1080. The molecule has 1 saturated heterocycles. The van der Waals surface area contributed by atoms with Crippen LogP contribution >= 0.6 is 0 Å². The minimum Gasteiger partial charge on any atom is -0.338 e. The number of piperazine rings is 1. The van der Waals surface area contributed by atoms with Gasteiger partial charge in [0, 0.05) is 50.6 Å². The summed E-state index contributed by atoms with van der Waals surface area (Å²) in [5.41, 5.74) is 1.31. The van der Waals surface area contributed by atoms with Gasteiger partial charge in [-0.1, -0.05) is 19.8 Å². The summed E-state index contributed by atoms with van der Waals surface area (Å²) in [4.78, 5) is 30.3. The van der Waals surface area contributed by atoms with Gasteiger partial charge in [-0.15, -0.1) is 0 Å². The van der Waals surface area contributed by atoms with Crippen molar-refractivity contribution < 1.29 is 9.18 Å². The summed E-state index contributed by atoms with van der Waals surface area (Å²) < 4.78 is 15.4. The molecule has 1 amide bonds. The van der Waals surface area contributed by atoms with Gasteiger partial charge < -0.3 is 9.80 Å². The van der Waals surface area contributed by atoms with E-state index in [1.165, 1.54) is 6.07 Å². The minimum atomic E-state index is -0.253. The number of rotatable bonds is 8. The quantitative estimate of drug-likeness (QED) is 0.489. The third-order valence-corrected chi connectivity index (χ3v) is 5.92. The Morgan fingerprint density at radius 3 is 2.55 bits per heavy atom. The molecule has 1 aromatic carbocycles. The predicted molar refractivity (Wildman–Crippen MR) is 124 cm³/mol. The number of hydrogen-bond acceptors (Lipinski definition) is 6. The molecular weight excluding hydrogens is 421 g/mol. The van der Waals surface area contributed by atoms with E-state index in [-0.39, 0.29) is 18.3 Å². The van der Waals surface area contributed by atoms with Crippen LogP contribution in [0.15, 0.2) is 36.7 Å². The number of aryl methyl sites for hydroxylation is 2. The summed E-state index contributed by atoms with van der Waals surface area (Å²) in [5.74, 6) is 1.79. The number of carbonyl (C=O) groups is 1. The molecule has 3 aromatic rings. The molecule has 33 heavy (non-hydrogen) atoms. The highest BCUT2D eigenvalue weighted by molar-refractivity contribution is 5.76. The Labute approximate surface area is 193 Å². The number of benzene rings is 1. The zero-order chi connectivity index (χ0) is 23.2. The van der Waals surface area contributed by atoms with E-state index in [2.05, 4.69) is 26.9 Å². The van der Waals surface area contributed by atoms with E-state index >= 15 is 0 Å². The van der Waals surface area contributed by atoms with Crippen LogP contribution in [0.25, 0.3) is 11.4 Å². The summed E-state index contributed by atoms with van der Waals surface area (Å²) in [5, 5.41) is 4.63. The van der Waals surface area contributed by atoms with Gasteiger partial charge in [0.25, 0.3) is 0 Å². The van der Waals surface area contributed by atoms with E-state index in [0.717, 1.165) is 37.1 Å². The second-order valence-corrected chi connectivity index (χ2v) is 8.35. The molecule has 0 N–H and O–H groups in total. The van der Waals surface area contributed by atoms with Crippen molar-refractivity contribution in [1.29, 1.82) is 0 Å². The molecule has 3 heterocycles. The lowest BCUT2D eigenvalue weighted by Gasteiger charge is -2.34. The Kier molecular flexibility index (Phi) is 7.26. The van der Waals surface area contributed by atoms with E-state index in [1.54, 1.807) is 42.2 Å². The van der Waals surface area contributed by atoms with E-state index < -0.39 is 0 Å². The Balaban J connectivity index is 1.46. The van der Waals surface area contributed by atoms with E-state index in [4.69, 9.17) is 4.98 Å². The number of carbonyl (C=O) groups excluding carboxylic acids is 1. The summed E-state index contributed by atoms with van der Waals surface area (Å²) in [6.07, 6.45) is 7.39. The molecule has 0 spiro atoms. The fourth-order valence-corrected chi connectivity index (χ4v) is 3.96. The lowest BCUT2D eigenvalue weighted by molar-refractivity contribution is -0.132. The van der Waals surface area contributed by atoms with Crippen LogP contribution in [0.5, 0.6) is 0 Å². The number of amides is 1. The molecular formula is C24H30FN7O. The molecule has 1 aliphatic rings. The summed E-state index contributed by atoms with van der Waals surface area (Å²) in [7, 11) is 0. The van der Waals surface area contributed by atoms with Crippen molar-refractivity contribution >= 4 is 11.9 Å². The number of aromatic nitrogens is 5. The molecule has 9 heteroatoms. The largest absolute Gasteiger partial charge is 0.338 e. The number of anilines is 1. The maximum absolute atomic E-state index is 13.7. The van der Waals surface area contributed by atoms with E-state index in [9.17, 15) is 9.18 Å². The van der Waals surface area contributed by atoms with Crippen molar-refractivity contribution in [3.8, 4) is 11.4 Å². The van der Waals surface area contributed by atoms with Gasteiger partial charge in [0.05, 0.1) is 0 Å². The number of halogens is 1. The number of unbranched alkanes of at least 4 members (excludes halogenated alkanes) is 2. The normalized spacial score (nSPS) is 14.0. The maximum Gasteiger partial charge on any atom is 0.244 e. The van der Waals surface area contributed by atoms with Crippen LogP contribution in [0.1, 0.15) is 37.6 Å². The third kappa shape index (κ3) is 5.53. The van der Waals surface area contributed by atoms with Crippen molar-refractivity contribution in [1.82, 2.24) is 29.6 Å². The monoisotopic (exact) mass is 451 g/mol. The first-order chi connectivity index (χ1) is 16.0. The van der Waals surface area contributed by atoms with Gasteiger partial charge in [0.1, 0.15) is 18.2 Å². The fourth-order valence-electron chi connectivity index (χ4n) is 3.96. The van der Waals surface area contributed by atoms with Gasteiger partial charge in [-0.05, 0) is 43.2 Å². The highest BCUT2D eigenvalue weighted by atomic mass is 19.1. The van der Waals surface area contributed by atoms with Crippen LogP contribution in [0.4, 0.5) is 10.3 Å². The fraction of sp³-hybridized carbons (Fsp3) is 0.458. The van der Waals surface area contributed by atoms with Crippen LogP contribution in [0.3, 0.4) is 0 Å². The van der Waals surface area contributed by atoms with Crippen LogP contribution < -0.4 is 4.90 Å². The average Bonchev–Trinajstić information content (AvgIpc) is 3.24. The number of nitrogens with zero attached hydrogens (tertiary/aromatic N) is 7. The van der Waals surface area contributed by atoms with Crippen molar-refractivity contribution in [2.24, 2.45) is 0 Å². The predicted octanol–water partition coefficient (Wildman–Crippen LogP) is 3.26. The summed E-state index contributed by atoms with van der Waals surface area (Å²) >= 11 is 0. The second-order valence-electron chi connectivity index (χ2n) is 8.35. The topological polar surface area (TPSA) is 80.0 Å². The van der Waals surface area contributed by atoms with Gasteiger partial charge in [-0.2, -0.15) is 5.10 Å². The molecule has 1 fully saturated rings. The van der Waals surface area contributed by atoms with Gasteiger partial charge in [0.15, 0.2) is 5.82 Å². The molecule has 0 radical (unpaired) electrons. The van der Waals surface area contributed by atoms with E-state index in [1.807, 2.05) is 4.90 Å². The van der Waals surface area contributed by atoms with Gasteiger partial charge in [-0.3, -0.25) is 4.79 Å². The van der Waals surface area contributed by atoms with Crippen LogP contribution in [0, 0.1) is 12.7 Å². The zero-order valence-corrected chi connectivity index (χ0v) is 19.2. The summed E-state index contributed by atoms with van der Waals surface area (Å²) in [6.45, 7) is 6.63. The molecule has 2 aromatic heterocycles. The standard InChI is InChI=1S/C24H30FN7O/c1-3-4-5-7-21-28-23(19-8-9-20(25)18(2)16-19)29-32(21)17-22(33)30-12-14-31(15-13-30)24-26-10-6-11-27-24/h6,8-11,16H,3-5,7,12-15,17H2,1-2H3. The number of hydrogen-bond donors (Lipinski definition) is 0. The van der Waals surface area contributed by atoms with Crippen molar-refractivity contribution in [3.05, 3.63) is 53.9 Å². The maximum atomic E-state index is 13.7. The first kappa shape index (κ1) is 22.8. The summed E-state index contributed by atoms with van der Waals surface area (Å²) in [6, 6.07) is 6.66. The lowest BCUT2D eigenvalue weighted by atomic mass is 10.1. The molecule has 0 unspecified atom stereocenters. The molecule has 1 aliphatic heterocycles. The highest BCUT2D eigenvalue weighted by Crippen LogP contribution is 2.20. The smallest absolute Gasteiger partial charge is 0.244 e. The average molecular weight is 452 g/mol. The minimum absolute atomic E-state index is 0.0205. The second kappa shape index (κ2) is 10.5. The first-order valence-corrected chi connectivity index (χ1v) is 11.5. The van der Waals surface area contributed by atoms with Crippen molar-refractivity contribution in [3.63, 3.8) is 0 Å².